The average Bonchev–Trinajstić information content (AvgIpc) is 3.94. The number of nitrogens with zero attached hydrogens (tertiary/aromatic N) is 7. The van der Waals surface area contributed by atoms with Gasteiger partial charge in [-0.05, 0) is 118 Å². The van der Waals surface area contributed by atoms with Crippen molar-refractivity contribution in [3.8, 4) is 0 Å². The van der Waals surface area contributed by atoms with Crippen LogP contribution < -0.4 is 10.2 Å². The molecule has 2 aliphatic rings. The number of hydrogen-bond acceptors (Lipinski definition) is 12. The number of aromatic nitrogens is 6. The van der Waals surface area contributed by atoms with Gasteiger partial charge in [-0.1, -0.05) is 61.4 Å². The van der Waals surface area contributed by atoms with Gasteiger partial charge >= 0.3 is 11.9 Å². The smallest absolute Gasteiger partial charge is 0.337 e. The Bertz CT molecular complexity index is 3170. The van der Waals surface area contributed by atoms with Crippen LogP contribution in [0.5, 0.6) is 0 Å². The number of fused-ring (bicyclic) bond motifs is 6. The summed E-state index contributed by atoms with van der Waals surface area (Å²) >= 11 is 0. The third kappa shape index (κ3) is 10.2. The number of benzene rings is 4. The van der Waals surface area contributed by atoms with Crippen molar-refractivity contribution in [1.29, 1.82) is 0 Å². The van der Waals surface area contributed by atoms with Crippen LogP contribution in [0.3, 0.4) is 0 Å². The zero-order chi connectivity index (χ0) is 48.1. The van der Waals surface area contributed by atoms with Gasteiger partial charge in [-0.15, -0.1) is 0 Å². The Morgan fingerprint density at radius 3 is 2.09 bits per heavy atom. The van der Waals surface area contributed by atoms with E-state index in [1.54, 1.807) is 30.3 Å². The van der Waals surface area contributed by atoms with E-state index in [-0.39, 0.29) is 11.9 Å². The molecule has 0 bridgehead atoms. The number of likely N-dealkylation sites (tertiary alicyclic amines) is 2. The maximum atomic E-state index is 15.8. The highest BCUT2D eigenvalue weighted by Gasteiger charge is 2.26. The van der Waals surface area contributed by atoms with Gasteiger partial charge in [0.25, 0.3) is 0 Å². The first-order chi connectivity index (χ1) is 34.2. The number of rotatable bonds is 17. The van der Waals surface area contributed by atoms with Gasteiger partial charge in [-0.3, -0.25) is 4.90 Å². The number of ether oxygens (including phenoxy) is 2. The summed E-state index contributed by atoms with van der Waals surface area (Å²) in [4.78, 5) is 59.3. The molecule has 3 N–H and O–H groups in total. The summed E-state index contributed by atoms with van der Waals surface area (Å²) in [5, 5.41) is 7.26. The first-order valence-electron chi connectivity index (χ1n) is 24.8. The van der Waals surface area contributed by atoms with Crippen LogP contribution in [0, 0.1) is 5.82 Å². The van der Waals surface area contributed by atoms with E-state index in [1.807, 2.05) is 36.4 Å². The lowest BCUT2D eigenvalue weighted by Gasteiger charge is -2.36. The van der Waals surface area contributed by atoms with Crippen LogP contribution in [0.2, 0.25) is 0 Å². The van der Waals surface area contributed by atoms with Gasteiger partial charge in [-0.2, -0.15) is 0 Å². The number of piperidine rings is 2. The number of H-pyrrole nitrogens is 2. The van der Waals surface area contributed by atoms with E-state index in [0.717, 1.165) is 144 Å². The van der Waals surface area contributed by atoms with Crippen molar-refractivity contribution in [2.45, 2.75) is 70.3 Å². The predicted octanol–water partition coefficient (Wildman–Crippen LogP) is 9.77. The molecule has 0 amide bonds. The van der Waals surface area contributed by atoms with Crippen molar-refractivity contribution >= 4 is 67.4 Å². The topological polar surface area (TPSA) is 157 Å². The molecule has 0 aliphatic carbocycles. The number of nitrogens with one attached hydrogen (secondary N) is 3. The van der Waals surface area contributed by atoms with Crippen LogP contribution in [0.4, 0.5) is 16.0 Å². The number of carbonyl (C=O) groups excluding carboxylic acids is 2. The molecule has 14 nitrogen and oxygen atoms in total. The minimum absolute atomic E-state index is 0.0626. The third-order valence-electron chi connectivity index (χ3n) is 14.1. The van der Waals surface area contributed by atoms with Crippen LogP contribution in [-0.4, -0.2) is 119 Å². The van der Waals surface area contributed by atoms with E-state index in [9.17, 15) is 9.59 Å². The molecule has 362 valence electrons. The largest absolute Gasteiger partial charge is 0.465 e. The second kappa shape index (κ2) is 20.9. The zero-order valence-electron chi connectivity index (χ0n) is 40.3. The highest BCUT2D eigenvalue weighted by Crippen LogP contribution is 2.36. The first kappa shape index (κ1) is 46.7. The van der Waals surface area contributed by atoms with E-state index in [2.05, 4.69) is 55.2 Å². The molecule has 2 aliphatic heterocycles. The van der Waals surface area contributed by atoms with Crippen LogP contribution >= 0.6 is 0 Å². The monoisotopic (exact) mass is 944 g/mol. The molecule has 8 aromatic rings. The normalized spacial score (nSPS) is 15.8. The molecule has 15 heteroatoms. The van der Waals surface area contributed by atoms with Crippen molar-refractivity contribution in [3.05, 3.63) is 130 Å². The Morgan fingerprint density at radius 2 is 1.37 bits per heavy atom. The number of methoxy groups -OCH3 is 2. The molecule has 70 heavy (non-hydrogen) atoms. The van der Waals surface area contributed by atoms with E-state index in [4.69, 9.17) is 29.4 Å². The molecule has 0 radical (unpaired) electrons. The molecular weight excluding hydrogens is 884 g/mol. The summed E-state index contributed by atoms with van der Waals surface area (Å²) in [6.07, 6.45) is 9.66. The van der Waals surface area contributed by atoms with Gasteiger partial charge in [0, 0.05) is 67.4 Å². The summed E-state index contributed by atoms with van der Waals surface area (Å²) in [6.45, 7) is 6.55. The van der Waals surface area contributed by atoms with Crippen molar-refractivity contribution < 1.29 is 23.5 Å². The highest BCUT2D eigenvalue weighted by molar-refractivity contribution is 6.13. The lowest BCUT2D eigenvalue weighted by Crippen LogP contribution is -2.35. The molecule has 1 unspecified atom stereocenters. The molecule has 4 aromatic carbocycles. The highest BCUT2D eigenvalue weighted by atomic mass is 19.1. The predicted molar refractivity (Wildman–Crippen MR) is 273 cm³/mol. The number of esters is 2. The van der Waals surface area contributed by atoms with Gasteiger partial charge < -0.3 is 34.6 Å². The van der Waals surface area contributed by atoms with Crippen molar-refractivity contribution in [3.63, 3.8) is 0 Å². The Labute approximate surface area is 407 Å². The van der Waals surface area contributed by atoms with Crippen LogP contribution in [-0.2, 0) is 22.3 Å². The van der Waals surface area contributed by atoms with Gasteiger partial charge in [0.05, 0.1) is 36.1 Å². The van der Waals surface area contributed by atoms with Crippen molar-refractivity contribution in [2.24, 2.45) is 0 Å². The summed E-state index contributed by atoms with van der Waals surface area (Å²) in [5.74, 6) is 1.76. The van der Waals surface area contributed by atoms with Crippen molar-refractivity contribution in [2.75, 3.05) is 77.3 Å². The number of anilines is 2. The Kier molecular flexibility index (Phi) is 14.0. The van der Waals surface area contributed by atoms with Crippen molar-refractivity contribution in [1.82, 2.24) is 39.7 Å². The summed E-state index contributed by atoms with van der Waals surface area (Å²) < 4.78 is 25.8. The fourth-order valence-corrected chi connectivity index (χ4v) is 10.6. The second-order valence-corrected chi connectivity index (χ2v) is 18.9. The van der Waals surface area contributed by atoms with E-state index in [1.165, 1.54) is 33.5 Å². The zero-order valence-corrected chi connectivity index (χ0v) is 40.3. The molecule has 2 fully saturated rings. The molecule has 0 saturated carbocycles. The molecule has 0 spiro atoms. The third-order valence-corrected chi connectivity index (χ3v) is 14.1. The number of carbonyl (C=O) groups is 2. The standard InChI is InChI=1S/C55H61FN10O4/c1-64(53-49-42-20-18-38(55(68)70-3)34-44(42)59-52(49)62-47(63-53)30-35-14-6-4-7-15-35)22-13-27-66-26-11-8-16-45(66)39-28-36(29-40(56)32-39)31-46-60-50(57-21-12-25-65-23-9-5-10-24-65)48-41-19-17-37(54(67)69-2)33-43(41)58-51(48)61-46/h4,6-7,14-15,17-20,28-29,32-34,45H,5,8-13,16,21-27,30-31H2,1-3H3,(H,59,62,63)(H2,57,58,60,61). The van der Waals surface area contributed by atoms with Crippen LogP contribution in [0.15, 0.2) is 84.9 Å². The lowest BCUT2D eigenvalue weighted by atomic mass is 9.93. The molecule has 10 rings (SSSR count). The average molecular weight is 945 g/mol. The molecule has 2 saturated heterocycles. The maximum absolute atomic E-state index is 15.8. The number of aromatic amines is 2. The lowest BCUT2D eigenvalue weighted by molar-refractivity contribution is 0.0592. The Balaban J connectivity index is 0.877. The van der Waals surface area contributed by atoms with Gasteiger partial charge in [0.1, 0.15) is 40.4 Å². The van der Waals surface area contributed by atoms with Gasteiger partial charge in [0.2, 0.25) is 0 Å². The van der Waals surface area contributed by atoms with Gasteiger partial charge in [0.15, 0.2) is 0 Å². The summed E-state index contributed by atoms with van der Waals surface area (Å²) in [5.41, 5.74) is 6.75. The fourth-order valence-electron chi connectivity index (χ4n) is 10.6. The summed E-state index contributed by atoms with van der Waals surface area (Å²) in [7, 11) is 4.84. The molecular formula is C55H61FN10O4. The Morgan fingerprint density at radius 1 is 0.714 bits per heavy atom. The van der Waals surface area contributed by atoms with Crippen LogP contribution in [0.25, 0.3) is 43.9 Å². The second-order valence-electron chi connectivity index (χ2n) is 18.9. The molecule has 6 heterocycles. The number of hydrogen-bond donors (Lipinski definition) is 3. The van der Waals surface area contributed by atoms with E-state index >= 15 is 4.39 Å². The number of halogens is 1. The molecule has 4 aromatic heterocycles. The SMILES string of the molecule is COC(=O)c1ccc2c(c1)[nH]c1nc(Cc3cc(F)cc(C4CCCCN4CCCN(C)c4nc(Cc5ccccc5)nc5[nH]c6cc(C(=O)OC)ccc6c45)c3)nc(NCCCN3CCCCC3)c12. The molecule has 1 atom stereocenters. The fraction of sp³-hybridized carbons (Fsp3) is 0.382. The summed E-state index contributed by atoms with van der Waals surface area (Å²) in [6, 6.07) is 26.7. The van der Waals surface area contributed by atoms with E-state index < -0.39 is 11.9 Å². The minimum atomic E-state index is -0.407. The maximum Gasteiger partial charge on any atom is 0.337 e. The van der Waals surface area contributed by atoms with Crippen LogP contribution in [0.1, 0.15) is 106 Å². The quantitative estimate of drug-likeness (QED) is 0.0588. The minimum Gasteiger partial charge on any atom is -0.465 e. The van der Waals surface area contributed by atoms with Gasteiger partial charge in [-0.25, -0.2) is 33.9 Å². The Hall–Kier alpha value is -6.97. The first-order valence-corrected chi connectivity index (χ1v) is 24.8. The van der Waals surface area contributed by atoms with E-state index in [0.29, 0.717) is 41.3 Å².